The van der Waals surface area contributed by atoms with Crippen molar-refractivity contribution in [1.82, 2.24) is 9.88 Å². The normalized spacial score (nSPS) is 16.2. The van der Waals surface area contributed by atoms with Crippen LogP contribution in [0.5, 0.6) is 5.75 Å². The zero-order valence-corrected chi connectivity index (χ0v) is 15.7. The first-order chi connectivity index (χ1) is 13.7. The molecule has 0 spiro atoms. The summed E-state index contributed by atoms with van der Waals surface area (Å²) >= 11 is 0. The molecule has 0 radical (unpaired) electrons. The van der Waals surface area contributed by atoms with Crippen molar-refractivity contribution in [3.8, 4) is 11.4 Å². The molecule has 1 saturated heterocycles. The smallest absolute Gasteiger partial charge is 0.262 e. The number of nitrogens with zero attached hydrogens (tertiary/aromatic N) is 1. The second-order valence-electron chi connectivity index (χ2n) is 6.81. The monoisotopic (exact) mass is 378 g/mol. The summed E-state index contributed by atoms with van der Waals surface area (Å²) in [5.74, 6) is 0.487. The van der Waals surface area contributed by atoms with Gasteiger partial charge in [-0.25, -0.2) is 0 Å². The van der Waals surface area contributed by atoms with Crippen LogP contribution in [0.25, 0.3) is 16.5 Å². The first-order valence-corrected chi connectivity index (χ1v) is 9.36. The Balaban J connectivity index is 1.75. The summed E-state index contributed by atoms with van der Waals surface area (Å²) in [6, 6.07) is 14.3. The molecule has 2 heterocycles. The Kier molecular flexibility index (Phi) is 5.12. The largest absolute Gasteiger partial charge is 0.497 e. The van der Waals surface area contributed by atoms with Crippen molar-refractivity contribution in [3.63, 3.8) is 0 Å². The van der Waals surface area contributed by atoms with Crippen LogP contribution in [0.1, 0.15) is 23.2 Å². The highest BCUT2D eigenvalue weighted by Crippen LogP contribution is 2.20. The van der Waals surface area contributed by atoms with Crippen LogP contribution in [0.4, 0.5) is 0 Å². The maximum atomic E-state index is 13.0. The Hall–Kier alpha value is -3.12. The summed E-state index contributed by atoms with van der Waals surface area (Å²) in [4.78, 5) is 25.9. The number of carbonyl (C=O) groups excluding carboxylic acids is 1. The predicted molar refractivity (Wildman–Crippen MR) is 107 cm³/mol. The molecule has 6 nitrogen and oxygen atoms in total. The Labute approximate surface area is 162 Å². The summed E-state index contributed by atoms with van der Waals surface area (Å²) in [7, 11) is 1.59. The first kappa shape index (κ1) is 18.3. The lowest BCUT2D eigenvalue weighted by Gasteiger charge is -2.14. The minimum absolute atomic E-state index is 0.0581. The number of methoxy groups -OCH3 is 1. The number of fused-ring (bicyclic) bond motifs is 1. The van der Waals surface area contributed by atoms with E-state index in [1.807, 2.05) is 6.07 Å². The number of benzene rings is 2. The van der Waals surface area contributed by atoms with Gasteiger partial charge in [0.25, 0.3) is 11.5 Å². The molecule has 144 valence electrons. The van der Waals surface area contributed by atoms with E-state index in [9.17, 15) is 9.59 Å². The van der Waals surface area contributed by atoms with Gasteiger partial charge in [-0.3, -0.25) is 14.2 Å². The molecule has 3 aromatic rings. The zero-order chi connectivity index (χ0) is 19.5. The first-order valence-electron chi connectivity index (χ1n) is 9.36. The molecule has 1 aliphatic heterocycles. The summed E-state index contributed by atoms with van der Waals surface area (Å²) in [6.07, 6.45) is 3.64. The molecule has 0 saturated carbocycles. The van der Waals surface area contributed by atoms with Gasteiger partial charge in [-0.15, -0.1) is 0 Å². The summed E-state index contributed by atoms with van der Waals surface area (Å²) in [5, 5.41) is 4.09. The van der Waals surface area contributed by atoms with E-state index in [0.29, 0.717) is 34.3 Å². The number of hydrogen-bond donors (Lipinski definition) is 1. The van der Waals surface area contributed by atoms with Crippen LogP contribution in [-0.2, 0) is 4.74 Å². The molecule has 1 aromatic heterocycles. The number of aromatic nitrogens is 1. The van der Waals surface area contributed by atoms with Crippen LogP contribution in [0.3, 0.4) is 0 Å². The van der Waals surface area contributed by atoms with Crippen LogP contribution in [0.2, 0.25) is 0 Å². The lowest BCUT2D eigenvalue weighted by Crippen LogP contribution is -2.33. The number of amides is 1. The molecule has 1 aliphatic rings. The third-order valence-corrected chi connectivity index (χ3v) is 5.03. The second kappa shape index (κ2) is 7.86. The quantitative estimate of drug-likeness (QED) is 0.741. The van der Waals surface area contributed by atoms with Gasteiger partial charge in [-0.2, -0.15) is 0 Å². The number of hydrogen-bond acceptors (Lipinski definition) is 4. The molecule has 0 bridgehead atoms. The fourth-order valence-electron chi connectivity index (χ4n) is 3.51. The fourth-order valence-corrected chi connectivity index (χ4v) is 3.51. The standard InChI is InChI=1S/C22H22N2O4/c1-27-16-10-8-15(9-11-16)24-14-20(18-6-2-3-7-19(18)22(24)26)21(25)23-13-17-5-4-12-28-17/h2-3,6-11,14,17H,4-5,12-13H2,1H3,(H,23,25)/t17-/m1/s1. The molecule has 1 amide bonds. The molecular weight excluding hydrogens is 356 g/mol. The van der Waals surface area contributed by atoms with E-state index in [-0.39, 0.29) is 17.6 Å². The van der Waals surface area contributed by atoms with Gasteiger partial charge in [0.05, 0.1) is 18.8 Å². The van der Waals surface area contributed by atoms with E-state index < -0.39 is 0 Å². The van der Waals surface area contributed by atoms with Crippen molar-refractivity contribution in [2.75, 3.05) is 20.3 Å². The van der Waals surface area contributed by atoms with Crippen molar-refractivity contribution < 1.29 is 14.3 Å². The fraction of sp³-hybridized carbons (Fsp3) is 0.273. The van der Waals surface area contributed by atoms with Gasteiger partial charge < -0.3 is 14.8 Å². The van der Waals surface area contributed by atoms with E-state index in [0.717, 1.165) is 19.4 Å². The van der Waals surface area contributed by atoms with Gasteiger partial charge in [0, 0.05) is 35.8 Å². The third-order valence-electron chi connectivity index (χ3n) is 5.03. The van der Waals surface area contributed by atoms with Gasteiger partial charge in [0.1, 0.15) is 5.75 Å². The van der Waals surface area contributed by atoms with E-state index in [4.69, 9.17) is 9.47 Å². The predicted octanol–water partition coefficient (Wildman–Crippen LogP) is 2.91. The number of rotatable bonds is 5. The molecule has 0 unspecified atom stereocenters. The van der Waals surface area contributed by atoms with Crippen molar-refractivity contribution in [3.05, 3.63) is 70.6 Å². The maximum absolute atomic E-state index is 13.0. The second-order valence-corrected chi connectivity index (χ2v) is 6.81. The number of nitrogens with one attached hydrogen (secondary N) is 1. The Morgan fingerprint density at radius 3 is 2.61 bits per heavy atom. The molecule has 28 heavy (non-hydrogen) atoms. The van der Waals surface area contributed by atoms with Crippen LogP contribution in [0.15, 0.2) is 59.5 Å². The SMILES string of the molecule is COc1ccc(-n2cc(C(=O)NC[C@H]3CCCO3)c3ccccc3c2=O)cc1. The highest BCUT2D eigenvalue weighted by atomic mass is 16.5. The maximum Gasteiger partial charge on any atom is 0.262 e. The highest BCUT2D eigenvalue weighted by molar-refractivity contribution is 6.06. The van der Waals surface area contributed by atoms with Crippen LogP contribution < -0.4 is 15.6 Å². The van der Waals surface area contributed by atoms with Gasteiger partial charge in [-0.1, -0.05) is 18.2 Å². The number of carbonyl (C=O) groups is 1. The molecule has 1 atom stereocenters. The molecule has 1 fully saturated rings. The van der Waals surface area contributed by atoms with Crippen molar-refractivity contribution in [1.29, 1.82) is 0 Å². The summed E-state index contributed by atoms with van der Waals surface area (Å²) in [6.45, 7) is 1.21. The molecule has 0 aliphatic carbocycles. The Bertz CT molecular complexity index is 1050. The van der Waals surface area contributed by atoms with E-state index in [2.05, 4.69) is 5.32 Å². The molecule has 6 heteroatoms. The zero-order valence-electron chi connectivity index (χ0n) is 15.7. The average molecular weight is 378 g/mol. The van der Waals surface area contributed by atoms with Gasteiger partial charge in [0.15, 0.2) is 0 Å². The molecule has 4 rings (SSSR count). The van der Waals surface area contributed by atoms with Crippen molar-refractivity contribution >= 4 is 16.7 Å². The van der Waals surface area contributed by atoms with Gasteiger partial charge in [0.2, 0.25) is 0 Å². The Morgan fingerprint density at radius 1 is 1.18 bits per heavy atom. The van der Waals surface area contributed by atoms with Crippen LogP contribution >= 0.6 is 0 Å². The van der Waals surface area contributed by atoms with E-state index in [1.54, 1.807) is 55.8 Å². The van der Waals surface area contributed by atoms with E-state index in [1.165, 1.54) is 4.57 Å². The van der Waals surface area contributed by atoms with E-state index >= 15 is 0 Å². The summed E-state index contributed by atoms with van der Waals surface area (Å²) in [5.41, 5.74) is 0.963. The lowest BCUT2D eigenvalue weighted by molar-refractivity contribution is 0.0858. The minimum atomic E-state index is -0.214. The number of ether oxygens (including phenoxy) is 2. The van der Waals surface area contributed by atoms with Crippen LogP contribution in [-0.4, -0.2) is 36.8 Å². The van der Waals surface area contributed by atoms with Gasteiger partial charge in [-0.05, 0) is 43.2 Å². The third kappa shape index (κ3) is 3.51. The highest BCUT2D eigenvalue weighted by Gasteiger charge is 2.19. The Morgan fingerprint density at radius 2 is 1.93 bits per heavy atom. The van der Waals surface area contributed by atoms with Crippen LogP contribution in [0, 0.1) is 0 Å². The van der Waals surface area contributed by atoms with Gasteiger partial charge >= 0.3 is 0 Å². The van der Waals surface area contributed by atoms with Crippen molar-refractivity contribution in [2.24, 2.45) is 0 Å². The lowest BCUT2D eigenvalue weighted by atomic mass is 10.1. The van der Waals surface area contributed by atoms with Crippen molar-refractivity contribution in [2.45, 2.75) is 18.9 Å². The molecule has 1 N–H and O–H groups in total. The molecular formula is C22H22N2O4. The summed E-state index contributed by atoms with van der Waals surface area (Å²) < 4.78 is 12.3. The topological polar surface area (TPSA) is 69.6 Å². The average Bonchev–Trinajstić information content (AvgIpc) is 3.26. The minimum Gasteiger partial charge on any atom is -0.497 e. The number of pyridine rings is 1. The molecule has 2 aromatic carbocycles.